The summed E-state index contributed by atoms with van der Waals surface area (Å²) >= 11 is 3.14. The Morgan fingerprint density at radius 2 is 2.06 bits per heavy atom. The summed E-state index contributed by atoms with van der Waals surface area (Å²) in [5, 5.41) is 37.5. The predicted octanol–water partition coefficient (Wildman–Crippen LogP) is 1.97. The second-order valence-corrected chi connectivity index (χ2v) is 11.7. The van der Waals surface area contributed by atoms with E-state index in [1.165, 1.54) is 11.8 Å². The van der Waals surface area contributed by atoms with Crippen LogP contribution in [0, 0.1) is 11.8 Å². The molecule has 34 heavy (non-hydrogen) atoms. The monoisotopic (exact) mass is 516 g/mol. The van der Waals surface area contributed by atoms with Crippen LogP contribution < -0.4 is 10.6 Å². The first-order valence-corrected chi connectivity index (χ1v) is 14.6. The molecule has 2 fully saturated rings. The van der Waals surface area contributed by atoms with Gasteiger partial charge in [0.1, 0.15) is 35.6 Å². The van der Waals surface area contributed by atoms with Gasteiger partial charge in [0.15, 0.2) is 0 Å². The van der Waals surface area contributed by atoms with E-state index in [9.17, 15) is 20.1 Å². The number of nitrogens with one attached hydrogen (secondary N) is 2. The van der Waals surface area contributed by atoms with Gasteiger partial charge in [0.2, 0.25) is 5.91 Å². The summed E-state index contributed by atoms with van der Waals surface area (Å²) < 4.78 is 11.3. The molecular formula is C24H40N2O6S2. The zero-order chi connectivity index (χ0) is 24.7. The van der Waals surface area contributed by atoms with Crippen molar-refractivity contribution in [3.8, 4) is 0 Å². The van der Waals surface area contributed by atoms with Crippen molar-refractivity contribution in [1.82, 2.24) is 10.6 Å². The Bertz CT molecular complexity index is 735. The molecule has 8 atom stereocenters. The molecule has 1 aromatic rings. The number of aliphatic hydroxyl groups excluding tert-OH is 3. The highest BCUT2D eigenvalue weighted by Crippen LogP contribution is 2.31. The first-order valence-electron chi connectivity index (χ1n) is 12.2. The minimum atomic E-state index is -1.32. The van der Waals surface area contributed by atoms with Crippen LogP contribution in [0.25, 0.3) is 0 Å². The van der Waals surface area contributed by atoms with Gasteiger partial charge in [0.25, 0.3) is 0 Å². The quantitative estimate of drug-likeness (QED) is 0.281. The van der Waals surface area contributed by atoms with E-state index in [2.05, 4.69) is 10.6 Å². The second-order valence-electron chi connectivity index (χ2n) is 9.63. The Hall–Kier alpha value is -0.750. The summed E-state index contributed by atoms with van der Waals surface area (Å²) in [4.78, 5) is 13.2. The Morgan fingerprint density at radius 3 is 2.74 bits per heavy atom. The third kappa shape index (κ3) is 7.38. The zero-order valence-corrected chi connectivity index (χ0v) is 21.9. The van der Waals surface area contributed by atoms with E-state index in [1.807, 2.05) is 37.7 Å². The smallest absolute Gasteiger partial charge is 0.237 e. The van der Waals surface area contributed by atoms with Crippen LogP contribution in [0.3, 0.4) is 0 Å². The lowest BCUT2D eigenvalue weighted by Gasteiger charge is -2.44. The molecule has 3 heterocycles. The maximum absolute atomic E-state index is 13.2. The number of amides is 1. The normalized spacial score (nSPS) is 33.1. The van der Waals surface area contributed by atoms with Crippen molar-refractivity contribution in [1.29, 1.82) is 0 Å². The van der Waals surface area contributed by atoms with Gasteiger partial charge in [-0.05, 0) is 68.2 Å². The minimum Gasteiger partial charge on any atom is -0.468 e. The van der Waals surface area contributed by atoms with Crippen LogP contribution in [0.4, 0.5) is 0 Å². The molecule has 0 saturated carbocycles. The van der Waals surface area contributed by atoms with Crippen LogP contribution in [0.1, 0.15) is 45.3 Å². The lowest BCUT2D eigenvalue weighted by Crippen LogP contribution is -2.65. The van der Waals surface area contributed by atoms with Gasteiger partial charge in [-0.3, -0.25) is 4.79 Å². The number of furan rings is 1. The van der Waals surface area contributed by atoms with Gasteiger partial charge >= 0.3 is 0 Å². The Labute approximate surface area is 211 Å². The first kappa shape index (κ1) is 27.8. The Kier molecular flexibility index (Phi) is 11.1. The summed E-state index contributed by atoms with van der Waals surface area (Å²) in [6, 6.07) is 3.13. The van der Waals surface area contributed by atoms with E-state index in [0.717, 1.165) is 49.5 Å². The van der Waals surface area contributed by atoms with Crippen molar-refractivity contribution in [3.63, 3.8) is 0 Å². The van der Waals surface area contributed by atoms with Crippen LogP contribution >= 0.6 is 23.5 Å². The number of thioether (sulfide) groups is 2. The summed E-state index contributed by atoms with van der Waals surface area (Å²) in [7, 11) is 0. The van der Waals surface area contributed by atoms with E-state index in [4.69, 9.17) is 9.15 Å². The Morgan fingerprint density at radius 1 is 1.26 bits per heavy atom. The minimum absolute atomic E-state index is 0.0286. The molecule has 10 heteroatoms. The summed E-state index contributed by atoms with van der Waals surface area (Å²) in [6.45, 7) is 4.70. The number of hydrogen-bond acceptors (Lipinski definition) is 9. The highest BCUT2D eigenvalue weighted by Gasteiger charge is 2.47. The summed E-state index contributed by atoms with van der Waals surface area (Å²) in [6.07, 6.45) is 2.94. The molecule has 0 spiro atoms. The molecule has 0 aliphatic carbocycles. The van der Waals surface area contributed by atoms with Crippen molar-refractivity contribution in [2.75, 3.05) is 18.6 Å². The molecule has 0 bridgehead atoms. The highest BCUT2D eigenvalue weighted by molar-refractivity contribution is 7.99. The number of hydrogen-bond donors (Lipinski definition) is 5. The van der Waals surface area contributed by atoms with Crippen LogP contribution in [0.2, 0.25) is 0 Å². The fraction of sp³-hybridized carbons (Fsp3) is 0.792. The molecule has 5 N–H and O–H groups in total. The third-order valence-electron chi connectivity index (χ3n) is 6.77. The SMILES string of the molecule is CS[C@H]1O[C@H]([C@H](NC(=O)[C@@H]2C[C@H](CCCSCc3ccco3)CCN2)C(C)C)[C@H](O)[C@H](O)[C@H]1O. The fourth-order valence-corrected chi connectivity index (χ4v) is 6.32. The lowest BCUT2D eigenvalue weighted by molar-refractivity contribution is -0.208. The zero-order valence-electron chi connectivity index (χ0n) is 20.3. The van der Waals surface area contributed by atoms with E-state index in [-0.39, 0.29) is 17.9 Å². The lowest BCUT2D eigenvalue weighted by atomic mass is 9.86. The van der Waals surface area contributed by atoms with E-state index < -0.39 is 35.9 Å². The number of piperidine rings is 1. The van der Waals surface area contributed by atoms with Gasteiger partial charge in [-0.1, -0.05) is 13.8 Å². The number of ether oxygens (including phenoxy) is 1. The second kappa shape index (κ2) is 13.5. The molecule has 2 aliphatic heterocycles. The van der Waals surface area contributed by atoms with Gasteiger partial charge in [-0.25, -0.2) is 0 Å². The number of carbonyl (C=O) groups is 1. The molecule has 8 nitrogen and oxygen atoms in total. The number of aliphatic hydroxyl groups is 3. The van der Waals surface area contributed by atoms with Crippen LogP contribution in [-0.2, 0) is 15.3 Å². The summed E-state index contributed by atoms with van der Waals surface area (Å²) in [5.74, 6) is 3.32. The van der Waals surface area contributed by atoms with Gasteiger partial charge in [0.05, 0.1) is 24.1 Å². The third-order valence-corrected chi connectivity index (χ3v) is 8.69. The maximum atomic E-state index is 13.2. The van der Waals surface area contributed by atoms with Crippen molar-refractivity contribution in [3.05, 3.63) is 24.2 Å². The molecule has 194 valence electrons. The maximum Gasteiger partial charge on any atom is 0.237 e. The highest BCUT2D eigenvalue weighted by atomic mass is 32.2. The molecule has 2 aliphatic rings. The topological polar surface area (TPSA) is 124 Å². The molecule has 0 unspecified atom stereocenters. The van der Waals surface area contributed by atoms with E-state index >= 15 is 0 Å². The predicted molar refractivity (Wildman–Crippen MR) is 136 cm³/mol. The van der Waals surface area contributed by atoms with Crippen LogP contribution in [-0.4, -0.2) is 81.7 Å². The van der Waals surface area contributed by atoms with Crippen molar-refractivity contribution < 1.29 is 29.3 Å². The molecule has 3 rings (SSSR count). The van der Waals surface area contributed by atoms with E-state index in [1.54, 1.807) is 12.5 Å². The number of rotatable bonds is 11. The van der Waals surface area contributed by atoms with E-state index in [0.29, 0.717) is 5.92 Å². The standard InChI is InChI=1S/C24H40N2O6S2/c1-14(2)18(22-20(28)19(27)21(29)24(32-22)33-3)26-23(30)17-12-15(8-9-25-17)6-5-11-34-13-16-7-4-10-31-16/h4,7,10,14-15,17-22,24-25,27-29H,5-6,8-9,11-13H2,1-3H3,(H,26,30)/t15-,17+,18-,19+,20-,21-,22-,24-/m1/s1. The van der Waals surface area contributed by atoms with Gasteiger partial charge < -0.3 is 35.1 Å². The Balaban J connectivity index is 1.49. The molecule has 0 aromatic carbocycles. The average molecular weight is 517 g/mol. The van der Waals surface area contributed by atoms with Gasteiger partial charge in [-0.15, -0.1) is 11.8 Å². The van der Waals surface area contributed by atoms with Crippen molar-refractivity contribution in [2.24, 2.45) is 11.8 Å². The first-order chi connectivity index (χ1) is 16.3. The molecule has 2 saturated heterocycles. The average Bonchev–Trinajstić information content (AvgIpc) is 3.35. The summed E-state index contributed by atoms with van der Waals surface area (Å²) in [5.41, 5.74) is -0.663. The van der Waals surface area contributed by atoms with Crippen LogP contribution in [0.15, 0.2) is 22.8 Å². The largest absolute Gasteiger partial charge is 0.468 e. The molecule has 0 radical (unpaired) electrons. The molecule has 1 aromatic heterocycles. The fourth-order valence-electron chi connectivity index (χ4n) is 4.76. The van der Waals surface area contributed by atoms with Gasteiger partial charge in [0, 0.05) is 0 Å². The molecular weight excluding hydrogens is 476 g/mol. The van der Waals surface area contributed by atoms with Crippen molar-refractivity contribution in [2.45, 2.75) is 87.2 Å². The number of carbonyl (C=O) groups excluding carboxylic acids is 1. The van der Waals surface area contributed by atoms with Crippen LogP contribution in [0.5, 0.6) is 0 Å². The molecule has 1 amide bonds. The van der Waals surface area contributed by atoms with Gasteiger partial charge in [-0.2, -0.15) is 11.8 Å². The van der Waals surface area contributed by atoms with Crippen molar-refractivity contribution >= 4 is 29.4 Å².